The minimum atomic E-state index is -0.675. The average Bonchev–Trinajstić information content (AvgIpc) is 2.65. The minimum Gasteiger partial charge on any atom is -0.458 e. The number of rotatable bonds is 10. The third-order valence-electron chi connectivity index (χ3n) is 3.60. The van der Waals surface area contributed by atoms with Crippen molar-refractivity contribution in [3.63, 3.8) is 0 Å². The van der Waals surface area contributed by atoms with Gasteiger partial charge in [0.2, 0.25) is 0 Å². The lowest BCUT2D eigenvalue weighted by Crippen LogP contribution is -2.39. The van der Waals surface area contributed by atoms with E-state index >= 15 is 0 Å². The van der Waals surface area contributed by atoms with Crippen LogP contribution in [0.15, 0.2) is 65.6 Å². The highest BCUT2D eigenvalue weighted by Crippen LogP contribution is 2.22. The van der Waals surface area contributed by atoms with Crippen LogP contribution in [0.4, 0.5) is 0 Å². The summed E-state index contributed by atoms with van der Waals surface area (Å²) < 4.78 is 16.5. The Bertz CT molecular complexity index is 705. The molecule has 0 heterocycles. The number of benzene rings is 2. The zero-order chi connectivity index (χ0) is 19.5. The van der Waals surface area contributed by atoms with E-state index in [1.807, 2.05) is 60.7 Å². The van der Waals surface area contributed by atoms with Crippen LogP contribution in [0.25, 0.3) is 0 Å². The fourth-order valence-corrected chi connectivity index (χ4v) is 3.41. The number of hydrogen-bond acceptors (Lipinski definition) is 6. The summed E-state index contributed by atoms with van der Waals surface area (Å²) in [5, 5.41) is 0. The second kappa shape index (κ2) is 11.4. The van der Waals surface area contributed by atoms with Gasteiger partial charge in [0.25, 0.3) is 0 Å². The topological polar surface area (TPSA) is 61.8 Å². The van der Waals surface area contributed by atoms with E-state index in [1.165, 1.54) is 25.6 Å². The standard InChI is InChI=1S/C21H24O5S/c1-16(22)25-20(14-24-13-18-9-5-3-6-10-18)21(26-17(2)23)15-27-19-11-7-4-8-12-19/h3-12,20-21H,13-15H2,1-2H3/t20-,21+/m1/s1. The number of ether oxygens (including phenoxy) is 3. The van der Waals surface area contributed by atoms with E-state index in [0.717, 1.165) is 10.5 Å². The van der Waals surface area contributed by atoms with Gasteiger partial charge in [0.05, 0.1) is 13.2 Å². The molecule has 0 radical (unpaired) electrons. The predicted molar refractivity (Wildman–Crippen MR) is 104 cm³/mol. The molecule has 6 heteroatoms. The third kappa shape index (κ3) is 8.28. The van der Waals surface area contributed by atoms with Crippen molar-refractivity contribution in [3.8, 4) is 0 Å². The highest BCUT2D eigenvalue weighted by atomic mass is 32.2. The highest BCUT2D eigenvalue weighted by Gasteiger charge is 2.28. The molecule has 0 unspecified atom stereocenters. The maximum atomic E-state index is 11.5. The van der Waals surface area contributed by atoms with Crippen LogP contribution in [0.3, 0.4) is 0 Å². The Morgan fingerprint density at radius 2 is 1.41 bits per heavy atom. The molecule has 0 amide bonds. The highest BCUT2D eigenvalue weighted by molar-refractivity contribution is 7.99. The molecule has 27 heavy (non-hydrogen) atoms. The van der Waals surface area contributed by atoms with Gasteiger partial charge in [-0.2, -0.15) is 0 Å². The Labute approximate surface area is 164 Å². The first-order chi connectivity index (χ1) is 13.0. The molecule has 2 aromatic rings. The second-order valence-corrected chi connectivity index (χ2v) is 7.01. The lowest BCUT2D eigenvalue weighted by atomic mass is 10.2. The van der Waals surface area contributed by atoms with E-state index in [-0.39, 0.29) is 6.61 Å². The fraction of sp³-hybridized carbons (Fsp3) is 0.333. The van der Waals surface area contributed by atoms with Crippen LogP contribution in [-0.2, 0) is 30.4 Å². The van der Waals surface area contributed by atoms with Gasteiger partial charge >= 0.3 is 11.9 Å². The second-order valence-electron chi connectivity index (χ2n) is 5.92. The molecular weight excluding hydrogens is 364 g/mol. The van der Waals surface area contributed by atoms with Crippen LogP contribution in [0.1, 0.15) is 19.4 Å². The SMILES string of the molecule is CC(=O)O[C@@H](CSc1ccccc1)[C@@H](COCc1ccccc1)OC(C)=O. The smallest absolute Gasteiger partial charge is 0.303 e. The molecule has 0 bridgehead atoms. The maximum Gasteiger partial charge on any atom is 0.303 e. The molecule has 0 saturated carbocycles. The molecule has 2 atom stereocenters. The Morgan fingerprint density at radius 1 is 0.852 bits per heavy atom. The van der Waals surface area contributed by atoms with E-state index in [4.69, 9.17) is 14.2 Å². The van der Waals surface area contributed by atoms with Crippen molar-refractivity contribution >= 4 is 23.7 Å². The molecule has 0 spiro atoms. The number of carbonyl (C=O) groups excluding carboxylic acids is 2. The zero-order valence-electron chi connectivity index (χ0n) is 15.5. The summed E-state index contributed by atoms with van der Waals surface area (Å²) in [6.45, 7) is 3.20. The van der Waals surface area contributed by atoms with Gasteiger partial charge < -0.3 is 14.2 Å². The fourth-order valence-electron chi connectivity index (χ4n) is 2.42. The van der Waals surface area contributed by atoms with Crippen molar-refractivity contribution in [2.75, 3.05) is 12.4 Å². The lowest BCUT2D eigenvalue weighted by Gasteiger charge is -2.26. The van der Waals surface area contributed by atoms with Crippen molar-refractivity contribution in [2.45, 2.75) is 37.6 Å². The molecule has 0 saturated heterocycles. The minimum absolute atomic E-state index is 0.141. The molecule has 0 aromatic heterocycles. The number of thioether (sulfide) groups is 1. The van der Waals surface area contributed by atoms with Gasteiger partial charge in [-0.3, -0.25) is 9.59 Å². The molecule has 0 aliphatic heterocycles. The van der Waals surface area contributed by atoms with E-state index in [0.29, 0.717) is 12.4 Å². The summed E-state index contributed by atoms with van der Waals surface area (Å²) in [6.07, 6.45) is -1.28. The van der Waals surface area contributed by atoms with Gasteiger partial charge in [0, 0.05) is 24.5 Å². The first-order valence-electron chi connectivity index (χ1n) is 8.68. The molecule has 5 nitrogen and oxygen atoms in total. The van der Waals surface area contributed by atoms with Crippen LogP contribution in [0.5, 0.6) is 0 Å². The molecule has 0 aliphatic rings. The van der Waals surface area contributed by atoms with Crippen molar-refractivity contribution in [1.29, 1.82) is 0 Å². The molecule has 0 aliphatic carbocycles. The summed E-state index contributed by atoms with van der Waals surface area (Å²) in [6, 6.07) is 19.5. The summed E-state index contributed by atoms with van der Waals surface area (Å²) in [5.41, 5.74) is 1.02. The van der Waals surface area contributed by atoms with Crippen molar-refractivity contribution in [1.82, 2.24) is 0 Å². The Kier molecular flexibility index (Phi) is 8.87. The largest absolute Gasteiger partial charge is 0.458 e. The van der Waals surface area contributed by atoms with Crippen molar-refractivity contribution < 1.29 is 23.8 Å². The number of carbonyl (C=O) groups is 2. The Hall–Kier alpha value is -2.31. The van der Waals surface area contributed by atoms with E-state index < -0.39 is 24.1 Å². The van der Waals surface area contributed by atoms with Crippen LogP contribution in [-0.4, -0.2) is 36.5 Å². The normalized spacial score (nSPS) is 12.8. The van der Waals surface area contributed by atoms with Gasteiger partial charge in [-0.15, -0.1) is 11.8 Å². The van der Waals surface area contributed by atoms with Crippen molar-refractivity contribution in [2.24, 2.45) is 0 Å². The van der Waals surface area contributed by atoms with Crippen LogP contribution >= 0.6 is 11.8 Å². The van der Waals surface area contributed by atoms with Crippen LogP contribution in [0.2, 0.25) is 0 Å². The van der Waals surface area contributed by atoms with Gasteiger partial charge in [0.15, 0.2) is 12.2 Å². The molecule has 144 valence electrons. The Balaban J connectivity index is 1.99. The van der Waals surface area contributed by atoms with Crippen LogP contribution < -0.4 is 0 Å². The van der Waals surface area contributed by atoms with E-state index in [1.54, 1.807) is 0 Å². The van der Waals surface area contributed by atoms with Crippen molar-refractivity contribution in [3.05, 3.63) is 66.2 Å². The summed E-state index contributed by atoms with van der Waals surface area (Å²) >= 11 is 1.53. The van der Waals surface area contributed by atoms with E-state index in [9.17, 15) is 9.59 Å². The summed E-state index contributed by atoms with van der Waals surface area (Å²) in [7, 11) is 0. The summed E-state index contributed by atoms with van der Waals surface area (Å²) in [5.74, 6) is -0.407. The predicted octanol–water partition coefficient (Wildman–Crippen LogP) is 3.86. The number of esters is 2. The molecule has 2 aromatic carbocycles. The monoisotopic (exact) mass is 388 g/mol. The van der Waals surface area contributed by atoms with Gasteiger partial charge in [-0.25, -0.2) is 0 Å². The Morgan fingerprint density at radius 3 is 2.00 bits per heavy atom. The van der Waals surface area contributed by atoms with Gasteiger partial charge in [-0.1, -0.05) is 48.5 Å². The molecule has 0 fully saturated rings. The van der Waals surface area contributed by atoms with Gasteiger partial charge in [-0.05, 0) is 17.7 Å². The first-order valence-corrected chi connectivity index (χ1v) is 9.67. The maximum absolute atomic E-state index is 11.5. The van der Waals surface area contributed by atoms with Gasteiger partial charge in [0.1, 0.15) is 0 Å². The number of hydrogen-bond donors (Lipinski definition) is 0. The van der Waals surface area contributed by atoms with Crippen LogP contribution in [0, 0.1) is 0 Å². The molecule has 2 rings (SSSR count). The average molecular weight is 388 g/mol. The molecular formula is C21H24O5S. The lowest BCUT2D eigenvalue weighted by molar-refractivity contribution is -0.168. The third-order valence-corrected chi connectivity index (χ3v) is 4.70. The first kappa shape index (κ1) is 21.0. The quantitative estimate of drug-likeness (QED) is 0.455. The molecule has 0 N–H and O–H groups in total. The van der Waals surface area contributed by atoms with E-state index in [2.05, 4.69) is 0 Å². The zero-order valence-corrected chi connectivity index (χ0v) is 16.3. The summed E-state index contributed by atoms with van der Waals surface area (Å²) in [4.78, 5) is 24.1.